The monoisotopic (exact) mass is 248 g/mol. The van der Waals surface area contributed by atoms with Crippen molar-refractivity contribution < 1.29 is 4.79 Å². The first-order valence-electron chi connectivity index (χ1n) is 4.76. The Balaban J connectivity index is 2.22. The molecule has 0 amide bonds. The second-order valence-electron chi connectivity index (χ2n) is 3.23. The zero-order chi connectivity index (χ0) is 11.4. The smallest absolute Gasteiger partial charge is 0.187 e. The third-order valence-electron chi connectivity index (χ3n) is 2.11. The van der Waals surface area contributed by atoms with Crippen LogP contribution in [0.4, 0.5) is 0 Å². The van der Waals surface area contributed by atoms with Gasteiger partial charge >= 0.3 is 0 Å². The zero-order valence-electron chi connectivity index (χ0n) is 8.39. The van der Waals surface area contributed by atoms with E-state index in [9.17, 15) is 4.79 Å². The number of rotatable bonds is 3. The van der Waals surface area contributed by atoms with E-state index in [4.69, 9.17) is 11.6 Å². The van der Waals surface area contributed by atoms with Crippen LogP contribution in [-0.2, 0) is 0 Å². The van der Waals surface area contributed by atoms with Crippen LogP contribution in [0.2, 0.25) is 0 Å². The standard InChI is InChI=1S/C13H9ClOS/c14-12(11-6-7-16-9-11)8-13(15)10-4-2-1-3-5-10/h1-9H/b12-8+. The van der Waals surface area contributed by atoms with Crippen LogP contribution in [0.3, 0.4) is 0 Å². The highest BCUT2D eigenvalue weighted by Gasteiger charge is 2.04. The number of halogens is 1. The van der Waals surface area contributed by atoms with Gasteiger partial charge in [-0.2, -0.15) is 11.3 Å². The zero-order valence-corrected chi connectivity index (χ0v) is 9.96. The van der Waals surface area contributed by atoms with Crippen LogP contribution in [0.5, 0.6) is 0 Å². The van der Waals surface area contributed by atoms with Crippen LogP contribution >= 0.6 is 22.9 Å². The van der Waals surface area contributed by atoms with Gasteiger partial charge in [0.2, 0.25) is 0 Å². The van der Waals surface area contributed by atoms with Gasteiger partial charge in [-0.3, -0.25) is 4.79 Å². The molecule has 2 rings (SSSR count). The molecule has 0 atom stereocenters. The summed E-state index contributed by atoms with van der Waals surface area (Å²) in [5.41, 5.74) is 1.53. The molecule has 0 bridgehead atoms. The lowest BCUT2D eigenvalue weighted by atomic mass is 10.1. The quantitative estimate of drug-likeness (QED) is 0.587. The summed E-state index contributed by atoms with van der Waals surface area (Å²) in [6.45, 7) is 0. The molecule has 80 valence electrons. The number of hydrogen-bond donors (Lipinski definition) is 0. The van der Waals surface area contributed by atoms with Gasteiger partial charge in [0, 0.05) is 17.2 Å². The van der Waals surface area contributed by atoms with E-state index >= 15 is 0 Å². The van der Waals surface area contributed by atoms with Crippen LogP contribution in [0.1, 0.15) is 15.9 Å². The van der Waals surface area contributed by atoms with Gasteiger partial charge in [-0.15, -0.1) is 0 Å². The number of allylic oxidation sites excluding steroid dienone is 1. The SMILES string of the molecule is O=C(/C=C(/Cl)c1ccsc1)c1ccccc1. The molecule has 0 saturated heterocycles. The number of carbonyl (C=O) groups excluding carboxylic acids is 1. The van der Waals surface area contributed by atoms with E-state index < -0.39 is 0 Å². The third kappa shape index (κ3) is 2.60. The first-order chi connectivity index (χ1) is 7.77. The number of thiophene rings is 1. The Morgan fingerprint density at radius 2 is 1.88 bits per heavy atom. The minimum absolute atomic E-state index is 0.0724. The summed E-state index contributed by atoms with van der Waals surface area (Å²) < 4.78 is 0. The molecular weight excluding hydrogens is 240 g/mol. The maximum Gasteiger partial charge on any atom is 0.187 e. The molecule has 0 aliphatic rings. The molecule has 0 unspecified atom stereocenters. The van der Waals surface area contributed by atoms with Gasteiger partial charge in [0.1, 0.15) is 0 Å². The summed E-state index contributed by atoms with van der Waals surface area (Å²) in [4.78, 5) is 11.8. The normalized spacial score (nSPS) is 11.4. The molecule has 1 heterocycles. The second-order valence-corrected chi connectivity index (χ2v) is 4.42. The van der Waals surface area contributed by atoms with Crippen molar-refractivity contribution in [2.45, 2.75) is 0 Å². The third-order valence-corrected chi connectivity index (χ3v) is 3.12. The van der Waals surface area contributed by atoms with Crippen LogP contribution in [0, 0.1) is 0 Å². The molecular formula is C13H9ClOS. The highest BCUT2D eigenvalue weighted by Crippen LogP contribution is 2.21. The summed E-state index contributed by atoms with van der Waals surface area (Å²) in [5.74, 6) is -0.0724. The van der Waals surface area contributed by atoms with Crippen LogP contribution in [0.15, 0.2) is 53.2 Å². The molecule has 1 aromatic heterocycles. The van der Waals surface area contributed by atoms with E-state index in [0.29, 0.717) is 10.6 Å². The van der Waals surface area contributed by atoms with Gasteiger partial charge in [0.25, 0.3) is 0 Å². The molecule has 0 radical (unpaired) electrons. The molecule has 0 spiro atoms. The molecule has 0 fully saturated rings. The van der Waals surface area contributed by atoms with Crippen molar-refractivity contribution in [2.24, 2.45) is 0 Å². The largest absolute Gasteiger partial charge is 0.289 e. The summed E-state index contributed by atoms with van der Waals surface area (Å²) in [6.07, 6.45) is 1.46. The van der Waals surface area contributed by atoms with Crippen molar-refractivity contribution in [3.63, 3.8) is 0 Å². The average Bonchev–Trinajstić information content (AvgIpc) is 2.83. The van der Waals surface area contributed by atoms with Gasteiger partial charge in [0.05, 0.1) is 5.03 Å². The Morgan fingerprint density at radius 3 is 2.50 bits per heavy atom. The first kappa shape index (κ1) is 11.1. The number of benzene rings is 1. The Hall–Kier alpha value is -1.38. The van der Waals surface area contributed by atoms with Crippen LogP contribution in [0.25, 0.3) is 5.03 Å². The maximum atomic E-state index is 11.8. The molecule has 0 aliphatic heterocycles. The number of hydrogen-bond acceptors (Lipinski definition) is 2. The van der Waals surface area contributed by atoms with E-state index in [-0.39, 0.29) is 5.78 Å². The van der Waals surface area contributed by atoms with Gasteiger partial charge in [-0.05, 0) is 16.8 Å². The fourth-order valence-electron chi connectivity index (χ4n) is 1.28. The van der Waals surface area contributed by atoms with Crippen molar-refractivity contribution >= 4 is 33.8 Å². The van der Waals surface area contributed by atoms with Crippen molar-refractivity contribution in [3.8, 4) is 0 Å². The van der Waals surface area contributed by atoms with Gasteiger partial charge in [0.15, 0.2) is 5.78 Å². The average molecular weight is 249 g/mol. The molecule has 0 N–H and O–H groups in total. The Labute approximate surface area is 103 Å². The summed E-state index contributed by atoms with van der Waals surface area (Å²) in [6, 6.07) is 11.0. The molecule has 0 saturated carbocycles. The van der Waals surface area contributed by atoms with E-state index in [1.54, 1.807) is 23.5 Å². The van der Waals surface area contributed by atoms with E-state index in [1.807, 2.05) is 35.0 Å². The number of ketones is 1. The molecule has 0 aliphatic carbocycles. The summed E-state index contributed by atoms with van der Waals surface area (Å²) in [5, 5.41) is 4.32. The van der Waals surface area contributed by atoms with Crippen LogP contribution < -0.4 is 0 Å². The van der Waals surface area contributed by atoms with Crippen molar-refractivity contribution in [3.05, 3.63) is 64.4 Å². The minimum atomic E-state index is -0.0724. The Morgan fingerprint density at radius 1 is 1.12 bits per heavy atom. The van der Waals surface area contributed by atoms with Gasteiger partial charge in [-0.1, -0.05) is 41.9 Å². The minimum Gasteiger partial charge on any atom is -0.289 e. The van der Waals surface area contributed by atoms with Gasteiger partial charge in [-0.25, -0.2) is 0 Å². The summed E-state index contributed by atoms with van der Waals surface area (Å²) >= 11 is 7.59. The van der Waals surface area contributed by atoms with Gasteiger partial charge < -0.3 is 0 Å². The van der Waals surface area contributed by atoms with Crippen molar-refractivity contribution in [2.75, 3.05) is 0 Å². The second kappa shape index (κ2) is 5.10. The predicted molar refractivity (Wildman–Crippen MR) is 68.9 cm³/mol. The Kier molecular flexibility index (Phi) is 3.54. The Bertz CT molecular complexity index is 500. The first-order valence-corrected chi connectivity index (χ1v) is 6.08. The fraction of sp³-hybridized carbons (Fsp3) is 0. The molecule has 16 heavy (non-hydrogen) atoms. The van der Waals surface area contributed by atoms with Crippen molar-refractivity contribution in [1.82, 2.24) is 0 Å². The molecule has 1 nitrogen and oxygen atoms in total. The molecule has 2 aromatic rings. The lowest BCUT2D eigenvalue weighted by molar-refractivity contribution is 0.104. The van der Waals surface area contributed by atoms with Crippen LogP contribution in [-0.4, -0.2) is 5.78 Å². The highest BCUT2D eigenvalue weighted by atomic mass is 35.5. The predicted octanol–water partition coefficient (Wildman–Crippen LogP) is 4.21. The summed E-state index contributed by atoms with van der Waals surface area (Å²) in [7, 11) is 0. The maximum absolute atomic E-state index is 11.8. The van der Waals surface area contributed by atoms with E-state index in [2.05, 4.69) is 0 Å². The fourth-order valence-corrected chi connectivity index (χ4v) is 2.22. The lowest BCUT2D eigenvalue weighted by Gasteiger charge is -1.96. The topological polar surface area (TPSA) is 17.1 Å². The molecule has 3 heteroatoms. The van der Waals surface area contributed by atoms with E-state index in [0.717, 1.165) is 5.56 Å². The highest BCUT2D eigenvalue weighted by molar-refractivity contribution is 7.08. The number of carbonyl (C=O) groups is 1. The van der Waals surface area contributed by atoms with Crippen molar-refractivity contribution in [1.29, 1.82) is 0 Å². The lowest BCUT2D eigenvalue weighted by Crippen LogP contribution is -1.93. The molecule has 1 aromatic carbocycles. The van der Waals surface area contributed by atoms with E-state index in [1.165, 1.54) is 6.08 Å².